The van der Waals surface area contributed by atoms with Crippen molar-refractivity contribution in [2.75, 3.05) is 5.32 Å². The SMILES string of the molecule is C[C@H](C[C@H](O)c1cccs1)NC(=O)Nc1cccc(C(=O)c2ccccc2)c1. The van der Waals surface area contributed by atoms with Crippen molar-refractivity contribution in [1.29, 1.82) is 0 Å². The highest BCUT2D eigenvalue weighted by Crippen LogP contribution is 2.23. The molecule has 1 heterocycles. The zero-order valence-electron chi connectivity index (χ0n) is 15.5. The second kappa shape index (κ2) is 9.30. The van der Waals surface area contributed by atoms with E-state index in [1.807, 2.05) is 42.6 Å². The number of aliphatic hydroxyl groups excluding tert-OH is 1. The number of hydrogen-bond acceptors (Lipinski definition) is 4. The fourth-order valence-corrected chi connectivity index (χ4v) is 3.60. The summed E-state index contributed by atoms with van der Waals surface area (Å²) >= 11 is 1.49. The number of hydrogen-bond donors (Lipinski definition) is 3. The molecule has 5 nitrogen and oxygen atoms in total. The Morgan fingerprint density at radius 3 is 2.46 bits per heavy atom. The molecule has 3 rings (SSSR count). The molecule has 144 valence electrons. The van der Waals surface area contributed by atoms with Gasteiger partial charge in [0.1, 0.15) is 0 Å². The highest BCUT2D eigenvalue weighted by molar-refractivity contribution is 7.10. The van der Waals surface area contributed by atoms with Crippen LogP contribution in [0.2, 0.25) is 0 Å². The molecule has 0 aliphatic heterocycles. The Morgan fingerprint density at radius 1 is 1.00 bits per heavy atom. The first-order valence-electron chi connectivity index (χ1n) is 9.01. The molecular weight excluding hydrogens is 372 g/mol. The molecule has 0 aliphatic carbocycles. The number of benzene rings is 2. The van der Waals surface area contributed by atoms with E-state index in [0.29, 0.717) is 23.2 Å². The number of amides is 2. The molecule has 3 aromatic rings. The van der Waals surface area contributed by atoms with Crippen molar-refractivity contribution in [1.82, 2.24) is 5.32 Å². The standard InChI is InChI=1S/C22H22N2O3S/c1-15(13-19(25)20-11-6-12-28-20)23-22(27)24-18-10-5-9-17(14-18)21(26)16-7-3-2-4-8-16/h2-12,14-15,19,25H,13H2,1H3,(H2,23,24,27)/t15-,19+/m1/s1. The zero-order valence-corrected chi connectivity index (χ0v) is 16.3. The Kier molecular flexibility index (Phi) is 6.57. The van der Waals surface area contributed by atoms with Crippen LogP contribution in [0.4, 0.5) is 10.5 Å². The number of rotatable bonds is 7. The van der Waals surface area contributed by atoms with Crippen LogP contribution >= 0.6 is 11.3 Å². The van der Waals surface area contributed by atoms with Crippen LogP contribution < -0.4 is 10.6 Å². The van der Waals surface area contributed by atoms with Crippen LogP contribution in [0.1, 0.15) is 40.2 Å². The summed E-state index contributed by atoms with van der Waals surface area (Å²) in [6.45, 7) is 1.84. The molecular formula is C22H22N2O3S. The fourth-order valence-electron chi connectivity index (χ4n) is 2.88. The van der Waals surface area contributed by atoms with Crippen molar-refractivity contribution < 1.29 is 14.7 Å². The highest BCUT2D eigenvalue weighted by Gasteiger charge is 2.16. The van der Waals surface area contributed by atoms with E-state index in [1.54, 1.807) is 36.4 Å². The Balaban J connectivity index is 1.57. The van der Waals surface area contributed by atoms with Gasteiger partial charge in [0.15, 0.2) is 5.78 Å². The average molecular weight is 394 g/mol. The Bertz CT molecular complexity index is 926. The first-order chi connectivity index (χ1) is 13.5. The van der Waals surface area contributed by atoms with Gasteiger partial charge in [0, 0.05) is 27.7 Å². The van der Waals surface area contributed by atoms with Gasteiger partial charge >= 0.3 is 6.03 Å². The topological polar surface area (TPSA) is 78.4 Å². The molecule has 0 bridgehead atoms. The highest BCUT2D eigenvalue weighted by atomic mass is 32.1. The predicted molar refractivity (Wildman–Crippen MR) is 112 cm³/mol. The molecule has 0 fully saturated rings. The summed E-state index contributed by atoms with van der Waals surface area (Å²) in [5, 5.41) is 17.7. The van der Waals surface area contributed by atoms with E-state index < -0.39 is 6.10 Å². The van der Waals surface area contributed by atoms with Gasteiger partial charge in [-0.1, -0.05) is 48.5 Å². The number of ketones is 1. The van der Waals surface area contributed by atoms with Crippen LogP contribution in [0.25, 0.3) is 0 Å². The Labute approximate surface area is 168 Å². The van der Waals surface area contributed by atoms with Crippen molar-refractivity contribution in [3.05, 3.63) is 88.1 Å². The van der Waals surface area contributed by atoms with Gasteiger partial charge < -0.3 is 15.7 Å². The lowest BCUT2D eigenvalue weighted by atomic mass is 10.0. The maximum atomic E-state index is 12.5. The van der Waals surface area contributed by atoms with E-state index in [1.165, 1.54) is 11.3 Å². The summed E-state index contributed by atoms with van der Waals surface area (Å²) in [7, 11) is 0. The largest absolute Gasteiger partial charge is 0.387 e. The minimum Gasteiger partial charge on any atom is -0.387 e. The van der Waals surface area contributed by atoms with Crippen LogP contribution in [0.3, 0.4) is 0 Å². The van der Waals surface area contributed by atoms with Gasteiger partial charge in [-0.25, -0.2) is 4.79 Å². The van der Waals surface area contributed by atoms with Crippen LogP contribution in [0.15, 0.2) is 72.1 Å². The lowest BCUT2D eigenvalue weighted by molar-refractivity contribution is 0.103. The minimum absolute atomic E-state index is 0.0999. The van der Waals surface area contributed by atoms with Crippen molar-refractivity contribution in [3.63, 3.8) is 0 Å². The molecule has 0 saturated carbocycles. The molecule has 2 atom stereocenters. The molecule has 6 heteroatoms. The first-order valence-corrected chi connectivity index (χ1v) is 9.89. The molecule has 1 aromatic heterocycles. The average Bonchev–Trinajstić information content (AvgIpc) is 3.23. The van der Waals surface area contributed by atoms with E-state index in [-0.39, 0.29) is 17.9 Å². The molecule has 0 spiro atoms. The van der Waals surface area contributed by atoms with E-state index in [9.17, 15) is 14.7 Å². The molecule has 0 unspecified atom stereocenters. The van der Waals surface area contributed by atoms with E-state index >= 15 is 0 Å². The summed E-state index contributed by atoms with van der Waals surface area (Å²) in [4.78, 5) is 25.7. The van der Waals surface area contributed by atoms with Crippen molar-refractivity contribution in [3.8, 4) is 0 Å². The van der Waals surface area contributed by atoms with Crippen molar-refractivity contribution in [2.45, 2.75) is 25.5 Å². The number of carbonyl (C=O) groups is 2. The van der Waals surface area contributed by atoms with Gasteiger partial charge in [-0.05, 0) is 36.9 Å². The number of urea groups is 1. The molecule has 28 heavy (non-hydrogen) atoms. The summed E-state index contributed by atoms with van der Waals surface area (Å²) in [6.07, 6.45) is -0.192. The van der Waals surface area contributed by atoms with E-state index in [2.05, 4.69) is 10.6 Å². The predicted octanol–water partition coefficient (Wildman–Crippen LogP) is 4.61. The number of anilines is 1. The lowest BCUT2D eigenvalue weighted by Gasteiger charge is -2.17. The van der Waals surface area contributed by atoms with E-state index in [4.69, 9.17) is 0 Å². The van der Waals surface area contributed by atoms with Crippen molar-refractivity contribution in [2.24, 2.45) is 0 Å². The summed E-state index contributed by atoms with van der Waals surface area (Å²) in [6, 6.07) is 19.0. The second-order valence-corrected chi connectivity index (χ2v) is 7.52. The molecule has 0 radical (unpaired) electrons. The fraction of sp³-hybridized carbons (Fsp3) is 0.182. The van der Waals surface area contributed by atoms with Gasteiger partial charge in [0.2, 0.25) is 0 Å². The van der Waals surface area contributed by atoms with Crippen LogP contribution in [0, 0.1) is 0 Å². The van der Waals surface area contributed by atoms with E-state index in [0.717, 1.165) is 4.88 Å². The maximum absolute atomic E-state index is 12.5. The summed E-state index contributed by atoms with van der Waals surface area (Å²) in [5.41, 5.74) is 1.63. The summed E-state index contributed by atoms with van der Waals surface area (Å²) in [5.74, 6) is -0.0999. The molecule has 2 aromatic carbocycles. The van der Waals surface area contributed by atoms with Gasteiger partial charge in [-0.15, -0.1) is 11.3 Å². The quantitative estimate of drug-likeness (QED) is 0.512. The van der Waals surface area contributed by atoms with Gasteiger partial charge in [-0.2, -0.15) is 0 Å². The molecule has 3 N–H and O–H groups in total. The zero-order chi connectivity index (χ0) is 19.9. The normalized spacial score (nSPS) is 12.8. The van der Waals surface area contributed by atoms with Gasteiger partial charge in [-0.3, -0.25) is 4.79 Å². The monoisotopic (exact) mass is 394 g/mol. The minimum atomic E-state index is -0.609. The summed E-state index contributed by atoms with van der Waals surface area (Å²) < 4.78 is 0. The second-order valence-electron chi connectivity index (χ2n) is 6.54. The third-order valence-corrected chi connectivity index (χ3v) is 5.22. The smallest absolute Gasteiger partial charge is 0.319 e. The van der Waals surface area contributed by atoms with Crippen LogP contribution in [0.5, 0.6) is 0 Å². The Hall–Kier alpha value is -2.96. The number of thiophene rings is 1. The molecule has 2 amide bonds. The van der Waals surface area contributed by atoms with Gasteiger partial charge in [0.05, 0.1) is 6.10 Å². The third kappa shape index (κ3) is 5.28. The first kappa shape index (κ1) is 19.8. The Morgan fingerprint density at radius 2 is 1.75 bits per heavy atom. The number of nitrogens with one attached hydrogen (secondary N) is 2. The van der Waals surface area contributed by atoms with Gasteiger partial charge in [0.25, 0.3) is 0 Å². The third-order valence-electron chi connectivity index (χ3n) is 4.24. The lowest BCUT2D eigenvalue weighted by Crippen LogP contribution is -2.37. The number of aliphatic hydroxyl groups is 1. The van der Waals surface area contributed by atoms with Crippen molar-refractivity contribution >= 4 is 28.8 Å². The molecule has 0 aliphatic rings. The molecule has 0 saturated heterocycles. The maximum Gasteiger partial charge on any atom is 0.319 e. The van der Waals surface area contributed by atoms with Crippen LogP contribution in [-0.4, -0.2) is 23.0 Å². The number of carbonyl (C=O) groups excluding carboxylic acids is 2. The van der Waals surface area contributed by atoms with Crippen LogP contribution in [-0.2, 0) is 0 Å².